The summed E-state index contributed by atoms with van der Waals surface area (Å²) in [7, 11) is 1.81. The Morgan fingerprint density at radius 1 is 0.619 bits per heavy atom. The maximum absolute atomic E-state index is 13.0. The molecular formula is C38H30N2O2. The molecule has 2 aliphatic rings. The second-order valence-electron chi connectivity index (χ2n) is 11.7. The van der Waals surface area contributed by atoms with E-state index >= 15 is 0 Å². The van der Waals surface area contributed by atoms with E-state index in [4.69, 9.17) is 4.74 Å². The summed E-state index contributed by atoms with van der Waals surface area (Å²) in [5, 5.41) is 1.70. The molecule has 1 spiro atoms. The number of anilines is 3. The molecule has 0 aliphatic carbocycles. The van der Waals surface area contributed by atoms with Crippen LogP contribution in [0.3, 0.4) is 0 Å². The first kappa shape index (κ1) is 24.7. The monoisotopic (exact) mass is 546 g/mol. The Bertz CT molecular complexity index is 2060. The number of ether oxygens (including phenoxy) is 1. The molecule has 0 amide bonds. The third-order valence-electron chi connectivity index (χ3n) is 9.02. The van der Waals surface area contributed by atoms with Crippen molar-refractivity contribution in [1.82, 2.24) is 4.57 Å². The lowest BCUT2D eigenvalue weighted by Gasteiger charge is -2.49. The van der Waals surface area contributed by atoms with Crippen LogP contribution in [0.1, 0.15) is 38.9 Å². The zero-order valence-corrected chi connectivity index (χ0v) is 24.1. The summed E-state index contributed by atoms with van der Waals surface area (Å²) in [5.74, 6) is 1.75. The number of hydrogen-bond acceptors (Lipinski definition) is 3. The van der Waals surface area contributed by atoms with Crippen LogP contribution >= 0.6 is 0 Å². The Labute approximate surface area is 245 Å². The summed E-state index contributed by atoms with van der Waals surface area (Å²) in [6.07, 6.45) is 1.92. The predicted molar refractivity (Wildman–Crippen MR) is 170 cm³/mol. The molecule has 2 aliphatic heterocycles. The first-order chi connectivity index (χ1) is 20.4. The van der Waals surface area contributed by atoms with Gasteiger partial charge in [-0.2, -0.15) is 0 Å². The highest BCUT2D eigenvalue weighted by Gasteiger charge is 2.51. The maximum Gasteiger partial charge on any atom is 0.258 e. The van der Waals surface area contributed by atoms with Crippen molar-refractivity contribution in [2.24, 2.45) is 7.05 Å². The van der Waals surface area contributed by atoms with Crippen molar-refractivity contribution in [3.05, 3.63) is 159 Å². The van der Waals surface area contributed by atoms with Gasteiger partial charge in [-0.15, -0.1) is 0 Å². The standard InChI is InChI=1S/C38H30N2O2/c1-23-13-17-33-31(19-23)38(29-9-5-7-11-35(29)42-36-12-8-6-10-30(36)38)32-20-24(2)14-18-34(32)40(33)26-15-16-27-28(21-26)25(3)22-39(4)37(27)41/h5-22H,1-4H3. The van der Waals surface area contributed by atoms with Crippen LogP contribution in [0.25, 0.3) is 10.8 Å². The SMILES string of the molecule is Cc1ccc2c(c1)C1(c3ccccc3Oc3ccccc31)c1cc(C)ccc1N2c1ccc2c(=O)n(C)cc(C)c2c1. The fraction of sp³-hybridized carbons (Fsp3) is 0.132. The van der Waals surface area contributed by atoms with E-state index in [-0.39, 0.29) is 5.56 Å². The molecule has 8 rings (SSSR count). The van der Waals surface area contributed by atoms with Crippen LogP contribution in [0.4, 0.5) is 17.1 Å². The molecule has 0 saturated carbocycles. The number of fused-ring (bicyclic) bond motifs is 9. The smallest absolute Gasteiger partial charge is 0.258 e. The lowest BCUT2D eigenvalue weighted by atomic mass is 9.61. The van der Waals surface area contributed by atoms with Crippen LogP contribution in [0.15, 0.2) is 114 Å². The number of hydrogen-bond donors (Lipinski definition) is 0. The molecule has 5 aromatic carbocycles. The summed E-state index contributed by atoms with van der Waals surface area (Å²) in [6, 6.07) is 36.7. The molecule has 42 heavy (non-hydrogen) atoms. The minimum Gasteiger partial charge on any atom is -0.457 e. The Kier molecular flexibility index (Phi) is 5.12. The van der Waals surface area contributed by atoms with Gasteiger partial charge in [0.2, 0.25) is 0 Å². The highest BCUT2D eigenvalue weighted by Crippen LogP contribution is 2.62. The Morgan fingerprint density at radius 3 is 1.79 bits per heavy atom. The molecule has 0 saturated heterocycles. The van der Waals surface area contributed by atoms with Crippen molar-refractivity contribution < 1.29 is 4.74 Å². The Balaban J connectivity index is 1.52. The lowest BCUT2D eigenvalue weighted by Crippen LogP contribution is -2.39. The third kappa shape index (κ3) is 3.21. The summed E-state index contributed by atoms with van der Waals surface area (Å²) in [6.45, 7) is 6.40. The Morgan fingerprint density at radius 2 is 1.19 bits per heavy atom. The van der Waals surface area contributed by atoms with Gasteiger partial charge in [0.1, 0.15) is 11.5 Å². The zero-order valence-electron chi connectivity index (χ0n) is 24.1. The Hall–Kier alpha value is -5.09. The molecule has 204 valence electrons. The summed E-state index contributed by atoms with van der Waals surface area (Å²) >= 11 is 0. The molecule has 0 radical (unpaired) electrons. The lowest BCUT2D eigenvalue weighted by molar-refractivity contribution is 0.434. The number of pyridine rings is 1. The summed E-state index contributed by atoms with van der Waals surface area (Å²) in [4.78, 5) is 15.4. The second-order valence-corrected chi connectivity index (χ2v) is 11.7. The van der Waals surface area contributed by atoms with E-state index in [1.165, 1.54) is 22.3 Å². The minimum absolute atomic E-state index is 0.0159. The number of nitrogens with zero attached hydrogens (tertiary/aromatic N) is 2. The number of aryl methyl sites for hydroxylation is 4. The van der Waals surface area contributed by atoms with Crippen LogP contribution in [0, 0.1) is 20.8 Å². The normalized spacial score (nSPS) is 14.1. The van der Waals surface area contributed by atoms with Crippen LogP contribution < -0.4 is 15.2 Å². The van der Waals surface area contributed by atoms with Gasteiger partial charge in [0.25, 0.3) is 5.56 Å². The first-order valence-corrected chi connectivity index (χ1v) is 14.4. The van der Waals surface area contributed by atoms with E-state index in [9.17, 15) is 4.79 Å². The van der Waals surface area contributed by atoms with Crippen LogP contribution in [-0.2, 0) is 12.5 Å². The van der Waals surface area contributed by atoms with Crippen molar-refractivity contribution in [3.63, 3.8) is 0 Å². The highest BCUT2D eigenvalue weighted by atomic mass is 16.5. The van der Waals surface area contributed by atoms with Gasteiger partial charge in [-0.3, -0.25) is 4.79 Å². The fourth-order valence-electron chi connectivity index (χ4n) is 7.21. The van der Waals surface area contributed by atoms with Crippen molar-refractivity contribution in [3.8, 4) is 11.5 Å². The number of rotatable bonds is 1. The molecule has 4 nitrogen and oxygen atoms in total. The van der Waals surface area contributed by atoms with Gasteiger partial charge in [0, 0.05) is 35.4 Å². The molecular weight excluding hydrogens is 516 g/mol. The van der Waals surface area contributed by atoms with Gasteiger partial charge < -0.3 is 14.2 Å². The average molecular weight is 547 g/mol. The topological polar surface area (TPSA) is 34.5 Å². The van der Waals surface area contributed by atoms with Gasteiger partial charge >= 0.3 is 0 Å². The van der Waals surface area contributed by atoms with E-state index in [1.54, 1.807) is 4.57 Å². The van der Waals surface area contributed by atoms with Crippen molar-refractivity contribution in [2.75, 3.05) is 4.90 Å². The van der Waals surface area contributed by atoms with Crippen molar-refractivity contribution >= 4 is 27.8 Å². The van der Waals surface area contributed by atoms with E-state index in [0.717, 1.165) is 56.0 Å². The molecule has 6 aromatic rings. The van der Waals surface area contributed by atoms with E-state index < -0.39 is 5.41 Å². The van der Waals surface area contributed by atoms with Crippen molar-refractivity contribution in [2.45, 2.75) is 26.2 Å². The maximum atomic E-state index is 13.0. The van der Waals surface area contributed by atoms with Gasteiger partial charge in [-0.1, -0.05) is 71.8 Å². The summed E-state index contributed by atoms with van der Waals surface area (Å²) in [5.41, 5.74) is 10.9. The molecule has 1 aromatic heterocycles. The van der Waals surface area contributed by atoms with E-state index in [2.05, 4.69) is 111 Å². The van der Waals surface area contributed by atoms with E-state index in [1.807, 2.05) is 31.4 Å². The number of aromatic nitrogens is 1. The minimum atomic E-state index is -0.576. The molecule has 3 heterocycles. The average Bonchev–Trinajstić information content (AvgIpc) is 3.00. The number of benzene rings is 5. The molecule has 0 N–H and O–H groups in total. The van der Waals surface area contributed by atoms with Crippen LogP contribution in [0.5, 0.6) is 11.5 Å². The molecule has 0 fully saturated rings. The predicted octanol–water partition coefficient (Wildman–Crippen LogP) is 8.74. The van der Waals surface area contributed by atoms with E-state index in [0.29, 0.717) is 0 Å². The largest absolute Gasteiger partial charge is 0.457 e. The molecule has 0 atom stereocenters. The first-order valence-electron chi connectivity index (χ1n) is 14.4. The van der Waals surface area contributed by atoms with Gasteiger partial charge in [-0.05, 0) is 85.3 Å². The summed E-state index contributed by atoms with van der Waals surface area (Å²) < 4.78 is 8.21. The third-order valence-corrected chi connectivity index (χ3v) is 9.02. The quantitative estimate of drug-likeness (QED) is 0.206. The molecule has 0 bridgehead atoms. The number of para-hydroxylation sites is 2. The van der Waals surface area contributed by atoms with Crippen LogP contribution in [-0.4, -0.2) is 4.57 Å². The van der Waals surface area contributed by atoms with Gasteiger partial charge in [0.15, 0.2) is 0 Å². The van der Waals surface area contributed by atoms with Gasteiger partial charge in [0.05, 0.1) is 16.8 Å². The molecule has 4 heteroatoms. The highest BCUT2D eigenvalue weighted by molar-refractivity contribution is 5.95. The van der Waals surface area contributed by atoms with Crippen molar-refractivity contribution in [1.29, 1.82) is 0 Å². The van der Waals surface area contributed by atoms with Crippen LogP contribution in [0.2, 0.25) is 0 Å². The second kappa shape index (κ2) is 8.70. The zero-order chi connectivity index (χ0) is 28.7. The van der Waals surface area contributed by atoms with Gasteiger partial charge in [-0.25, -0.2) is 0 Å². The molecule has 0 unspecified atom stereocenters. The fourth-order valence-corrected chi connectivity index (χ4v) is 7.21.